The van der Waals surface area contributed by atoms with E-state index in [1.165, 1.54) is 0 Å². The zero-order valence-electron chi connectivity index (χ0n) is 13.7. The van der Waals surface area contributed by atoms with E-state index < -0.39 is 0 Å². The zero-order chi connectivity index (χ0) is 16.2. The zero-order valence-corrected chi connectivity index (χ0v) is 13.7. The van der Waals surface area contributed by atoms with Gasteiger partial charge in [0.1, 0.15) is 5.75 Å². The summed E-state index contributed by atoms with van der Waals surface area (Å²) in [6.45, 7) is 4.50. The highest BCUT2D eigenvalue weighted by molar-refractivity contribution is 5.57. The van der Waals surface area contributed by atoms with Gasteiger partial charge in [0.15, 0.2) is 5.76 Å². The van der Waals surface area contributed by atoms with Crippen molar-refractivity contribution in [3.8, 4) is 17.1 Å². The minimum absolute atomic E-state index is 0.253. The number of benzene rings is 1. The first-order chi connectivity index (χ1) is 11.2. The maximum Gasteiger partial charge on any atom is 0.209 e. The highest BCUT2D eigenvalue weighted by Gasteiger charge is 2.24. The predicted molar refractivity (Wildman–Crippen MR) is 88.2 cm³/mol. The lowest BCUT2D eigenvalue weighted by Gasteiger charge is -2.33. The Hall–Kier alpha value is -1.85. The Morgan fingerprint density at radius 3 is 2.87 bits per heavy atom. The molecular formula is C18H24N2O3. The molecule has 0 saturated carbocycles. The Morgan fingerprint density at radius 2 is 2.17 bits per heavy atom. The Kier molecular flexibility index (Phi) is 4.98. The number of aliphatic hydroxyl groups excluding tert-OH is 1. The van der Waals surface area contributed by atoms with Crippen LogP contribution in [0.5, 0.6) is 5.75 Å². The van der Waals surface area contributed by atoms with Gasteiger partial charge < -0.3 is 14.3 Å². The van der Waals surface area contributed by atoms with Crippen LogP contribution >= 0.6 is 0 Å². The lowest BCUT2D eigenvalue weighted by molar-refractivity contribution is 0.0566. The van der Waals surface area contributed by atoms with Gasteiger partial charge in [0.2, 0.25) is 5.89 Å². The third-order valence-electron chi connectivity index (χ3n) is 4.51. The molecule has 5 nitrogen and oxygen atoms in total. The van der Waals surface area contributed by atoms with E-state index in [-0.39, 0.29) is 6.10 Å². The molecule has 2 aromatic rings. The number of hydrogen-bond acceptors (Lipinski definition) is 5. The Morgan fingerprint density at radius 1 is 1.39 bits per heavy atom. The standard InChI is InChI=1S/C18H24N2O3/c1-13(21)15-4-3-9-20(11-15)12-18-19-10-17(23-18)14-5-7-16(22-2)8-6-14/h5-8,10,13,15,21H,3-4,9,11-12H2,1-2H3. The third kappa shape index (κ3) is 3.92. The highest BCUT2D eigenvalue weighted by atomic mass is 16.5. The van der Waals surface area contributed by atoms with Crippen LogP contribution in [0.2, 0.25) is 0 Å². The van der Waals surface area contributed by atoms with E-state index in [1.54, 1.807) is 13.3 Å². The summed E-state index contributed by atoms with van der Waals surface area (Å²) in [5.41, 5.74) is 0.991. The largest absolute Gasteiger partial charge is 0.497 e. The fourth-order valence-corrected chi connectivity index (χ4v) is 3.09. The van der Waals surface area contributed by atoms with Gasteiger partial charge in [-0.3, -0.25) is 4.90 Å². The van der Waals surface area contributed by atoms with Gasteiger partial charge in [-0.05, 0) is 56.5 Å². The van der Waals surface area contributed by atoms with E-state index in [1.807, 2.05) is 31.2 Å². The number of hydrogen-bond donors (Lipinski definition) is 1. The number of likely N-dealkylation sites (tertiary alicyclic amines) is 1. The number of oxazole rings is 1. The van der Waals surface area contributed by atoms with E-state index in [9.17, 15) is 5.11 Å². The molecule has 5 heteroatoms. The van der Waals surface area contributed by atoms with E-state index in [0.717, 1.165) is 48.9 Å². The highest BCUT2D eigenvalue weighted by Crippen LogP contribution is 2.25. The lowest BCUT2D eigenvalue weighted by atomic mass is 9.93. The van der Waals surface area contributed by atoms with Crippen molar-refractivity contribution in [3.05, 3.63) is 36.4 Å². The third-order valence-corrected chi connectivity index (χ3v) is 4.51. The van der Waals surface area contributed by atoms with Crippen LogP contribution in [0.15, 0.2) is 34.9 Å². The smallest absolute Gasteiger partial charge is 0.209 e. The summed E-state index contributed by atoms with van der Waals surface area (Å²) in [7, 11) is 1.65. The number of nitrogens with zero attached hydrogens (tertiary/aromatic N) is 2. The summed E-state index contributed by atoms with van der Waals surface area (Å²) in [5.74, 6) is 2.67. The van der Waals surface area contributed by atoms with Crippen LogP contribution in [-0.2, 0) is 6.54 Å². The molecule has 1 N–H and O–H groups in total. The van der Waals surface area contributed by atoms with Crippen LogP contribution in [0, 0.1) is 5.92 Å². The molecule has 1 aromatic carbocycles. The fraction of sp³-hybridized carbons (Fsp3) is 0.500. The molecule has 0 aliphatic carbocycles. The second-order valence-electron chi connectivity index (χ2n) is 6.22. The van der Waals surface area contributed by atoms with Crippen molar-refractivity contribution in [2.75, 3.05) is 20.2 Å². The van der Waals surface area contributed by atoms with Crippen LogP contribution in [-0.4, -0.2) is 41.3 Å². The molecule has 23 heavy (non-hydrogen) atoms. The van der Waals surface area contributed by atoms with Crippen molar-refractivity contribution in [2.45, 2.75) is 32.4 Å². The number of aromatic nitrogens is 1. The molecule has 1 fully saturated rings. The quantitative estimate of drug-likeness (QED) is 0.919. The van der Waals surface area contributed by atoms with Gasteiger partial charge in [-0.2, -0.15) is 0 Å². The molecule has 0 bridgehead atoms. The summed E-state index contributed by atoms with van der Waals surface area (Å²) < 4.78 is 11.1. The Bertz CT molecular complexity index is 621. The van der Waals surface area contributed by atoms with Gasteiger partial charge in [0.05, 0.1) is 26.0 Å². The predicted octanol–water partition coefficient (Wildman–Crippen LogP) is 2.94. The maximum absolute atomic E-state index is 9.78. The summed E-state index contributed by atoms with van der Waals surface area (Å²) >= 11 is 0. The van der Waals surface area contributed by atoms with Gasteiger partial charge in [-0.15, -0.1) is 0 Å². The van der Waals surface area contributed by atoms with Crippen LogP contribution in [0.25, 0.3) is 11.3 Å². The number of piperidine rings is 1. The molecule has 2 unspecified atom stereocenters. The summed E-state index contributed by atoms with van der Waals surface area (Å²) in [4.78, 5) is 6.71. The van der Waals surface area contributed by atoms with Gasteiger partial charge in [0.25, 0.3) is 0 Å². The van der Waals surface area contributed by atoms with Crippen molar-refractivity contribution in [1.82, 2.24) is 9.88 Å². The first-order valence-corrected chi connectivity index (χ1v) is 8.15. The molecule has 1 aliphatic heterocycles. The van der Waals surface area contributed by atoms with Crippen LogP contribution in [0.3, 0.4) is 0 Å². The van der Waals surface area contributed by atoms with Gasteiger partial charge in [0, 0.05) is 12.1 Å². The van der Waals surface area contributed by atoms with Gasteiger partial charge >= 0.3 is 0 Å². The number of methoxy groups -OCH3 is 1. The molecular weight excluding hydrogens is 292 g/mol. The van der Waals surface area contributed by atoms with Crippen LogP contribution < -0.4 is 4.74 Å². The van der Waals surface area contributed by atoms with Crippen LogP contribution in [0.4, 0.5) is 0 Å². The summed E-state index contributed by atoms with van der Waals surface area (Å²) in [6, 6.07) is 7.76. The molecule has 1 saturated heterocycles. The van der Waals surface area contributed by atoms with Crippen molar-refractivity contribution in [2.24, 2.45) is 5.92 Å². The molecule has 0 spiro atoms. The van der Waals surface area contributed by atoms with E-state index in [2.05, 4.69) is 9.88 Å². The number of rotatable bonds is 5. The van der Waals surface area contributed by atoms with E-state index >= 15 is 0 Å². The molecule has 0 radical (unpaired) electrons. The van der Waals surface area contributed by atoms with E-state index in [4.69, 9.17) is 9.15 Å². The second-order valence-corrected chi connectivity index (χ2v) is 6.22. The molecule has 0 amide bonds. The Labute approximate surface area is 136 Å². The molecule has 1 aromatic heterocycles. The monoisotopic (exact) mass is 316 g/mol. The second kappa shape index (κ2) is 7.15. The first kappa shape index (κ1) is 16.0. The summed E-state index contributed by atoms with van der Waals surface area (Å²) in [6.07, 6.45) is 3.73. The first-order valence-electron chi connectivity index (χ1n) is 8.15. The summed E-state index contributed by atoms with van der Waals surface area (Å²) in [5, 5.41) is 9.78. The lowest BCUT2D eigenvalue weighted by Crippen LogP contribution is -2.39. The molecule has 1 aliphatic rings. The Balaban J connectivity index is 1.64. The molecule has 3 rings (SSSR count). The van der Waals surface area contributed by atoms with Crippen molar-refractivity contribution < 1.29 is 14.3 Å². The average molecular weight is 316 g/mol. The molecule has 2 heterocycles. The van der Waals surface area contributed by atoms with E-state index in [0.29, 0.717) is 12.5 Å². The minimum atomic E-state index is -0.253. The SMILES string of the molecule is COc1ccc(-c2cnc(CN3CCCC(C(C)O)C3)o2)cc1. The van der Waals surface area contributed by atoms with Crippen LogP contribution in [0.1, 0.15) is 25.7 Å². The van der Waals surface area contributed by atoms with Crippen molar-refractivity contribution in [3.63, 3.8) is 0 Å². The van der Waals surface area contributed by atoms with Gasteiger partial charge in [-0.25, -0.2) is 4.98 Å². The van der Waals surface area contributed by atoms with Gasteiger partial charge in [-0.1, -0.05) is 0 Å². The van der Waals surface area contributed by atoms with Crippen molar-refractivity contribution in [1.29, 1.82) is 0 Å². The average Bonchev–Trinajstić information content (AvgIpc) is 3.03. The molecule has 2 atom stereocenters. The van der Waals surface area contributed by atoms with Crippen molar-refractivity contribution >= 4 is 0 Å². The maximum atomic E-state index is 9.78. The normalized spacial score (nSPS) is 20.4. The minimum Gasteiger partial charge on any atom is -0.497 e. The topological polar surface area (TPSA) is 58.7 Å². The number of aliphatic hydroxyl groups is 1. The molecule has 124 valence electrons. The number of ether oxygens (including phenoxy) is 1. The fourth-order valence-electron chi connectivity index (χ4n) is 3.09.